The number of rotatable bonds is 5. The van der Waals surface area contributed by atoms with E-state index in [1.165, 1.54) is 12.1 Å². The van der Waals surface area contributed by atoms with Gasteiger partial charge in [-0.2, -0.15) is 10.5 Å². The number of carbonyl (C=O) groups is 2. The molecule has 0 radical (unpaired) electrons. The van der Waals surface area contributed by atoms with E-state index < -0.39 is 11.9 Å². The van der Waals surface area contributed by atoms with Crippen molar-refractivity contribution in [3.05, 3.63) is 28.0 Å². The van der Waals surface area contributed by atoms with Crippen LogP contribution in [0.25, 0.3) is 6.08 Å². The van der Waals surface area contributed by atoms with Crippen molar-refractivity contribution in [2.24, 2.45) is 0 Å². The van der Waals surface area contributed by atoms with Gasteiger partial charge < -0.3 is 10.0 Å². The third-order valence-corrected chi connectivity index (χ3v) is 3.08. The van der Waals surface area contributed by atoms with Crippen LogP contribution in [0.5, 0.6) is 0 Å². The third kappa shape index (κ3) is 4.26. The Morgan fingerprint density at radius 3 is 2.47 bits per heavy atom. The molecule has 0 aromatic carbocycles. The van der Waals surface area contributed by atoms with Crippen LogP contribution in [0.3, 0.4) is 0 Å². The second-order valence-corrected chi connectivity index (χ2v) is 4.47. The van der Waals surface area contributed by atoms with Gasteiger partial charge in [0.05, 0.1) is 17.0 Å². The maximum absolute atomic E-state index is 12.0. The molecule has 0 aliphatic carbocycles. The lowest BCUT2D eigenvalue weighted by Gasteiger charge is -2.13. The van der Waals surface area contributed by atoms with E-state index in [4.69, 9.17) is 15.6 Å². The highest BCUT2D eigenvalue weighted by Gasteiger charge is 2.16. The zero-order chi connectivity index (χ0) is 14.3. The molecule has 19 heavy (non-hydrogen) atoms. The smallest absolute Gasteiger partial charge is 0.328 e. The summed E-state index contributed by atoms with van der Waals surface area (Å²) in [6.45, 7) is -0.324. The standard InChI is InChI=1S/C12H9N3O3S/c13-5-7-15(8-6-14)12(18)10-3-1-9(19-10)2-4-11(16)17/h1-4H,7-8H2,(H,16,17). The number of hydrogen-bond acceptors (Lipinski definition) is 5. The Morgan fingerprint density at radius 2 is 1.95 bits per heavy atom. The lowest BCUT2D eigenvalue weighted by molar-refractivity contribution is -0.131. The van der Waals surface area contributed by atoms with Crippen LogP contribution >= 0.6 is 11.3 Å². The molecule has 1 heterocycles. The second kappa shape index (κ2) is 6.94. The quantitative estimate of drug-likeness (QED) is 0.644. The van der Waals surface area contributed by atoms with Gasteiger partial charge in [0.25, 0.3) is 5.91 Å². The number of carbonyl (C=O) groups excluding carboxylic acids is 1. The van der Waals surface area contributed by atoms with Crippen LogP contribution in [0, 0.1) is 22.7 Å². The van der Waals surface area contributed by atoms with Gasteiger partial charge in [0.15, 0.2) is 0 Å². The summed E-state index contributed by atoms with van der Waals surface area (Å²) in [6.07, 6.45) is 2.35. The van der Waals surface area contributed by atoms with Gasteiger partial charge in [-0.05, 0) is 18.2 Å². The molecule has 1 aromatic rings. The van der Waals surface area contributed by atoms with Gasteiger partial charge in [0.1, 0.15) is 13.1 Å². The summed E-state index contributed by atoms with van der Waals surface area (Å²) in [6, 6.07) is 6.78. The van der Waals surface area contributed by atoms with Crippen LogP contribution < -0.4 is 0 Å². The molecule has 6 nitrogen and oxygen atoms in total. The number of carboxylic acid groups (broad SMARTS) is 1. The van der Waals surface area contributed by atoms with E-state index >= 15 is 0 Å². The van der Waals surface area contributed by atoms with Gasteiger partial charge >= 0.3 is 5.97 Å². The molecule has 0 bridgehead atoms. The molecule has 0 aliphatic rings. The fraction of sp³-hybridized carbons (Fsp3) is 0.167. The summed E-state index contributed by atoms with van der Waals surface area (Å²) < 4.78 is 0. The largest absolute Gasteiger partial charge is 0.478 e. The summed E-state index contributed by atoms with van der Waals surface area (Å²) in [5.41, 5.74) is 0. The minimum Gasteiger partial charge on any atom is -0.478 e. The van der Waals surface area contributed by atoms with Crippen molar-refractivity contribution in [3.63, 3.8) is 0 Å². The number of carboxylic acids is 1. The molecule has 0 unspecified atom stereocenters. The molecule has 0 atom stereocenters. The third-order valence-electron chi connectivity index (χ3n) is 2.04. The SMILES string of the molecule is N#CCN(CC#N)C(=O)c1ccc(C=CC(=O)O)s1. The molecule has 0 saturated carbocycles. The number of nitrogens with zero attached hydrogens (tertiary/aromatic N) is 3. The fourth-order valence-corrected chi connectivity index (χ4v) is 2.12. The van der Waals surface area contributed by atoms with Crippen LogP contribution in [0.15, 0.2) is 18.2 Å². The van der Waals surface area contributed by atoms with Crippen LogP contribution in [0.4, 0.5) is 0 Å². The normalized spacial score (nSPS) is 9.79. The Bertz CT molecular complexity index is 576. The number of aliphatic carboxylic acids is 1. The molecule has 0 aliphatic heterocycles. The monoisotopic (exact) mass is 275 g/mol. The average Bonchev–Trinajstić information content (AvgIpc) is 2.84. The van der Waals surface area contributed by atoms with Crippen molar-refractivity contribution >= 4 is 29.3 Å². The van der Waals surface area contributed by atoms with Crippen molar-refractivity contribution in [2.45, 2.75) is 0 Å². The van der Waals surface area contributed by atoms with E-state index in [1.807, 2.05) is 12.1 Å². The van der Waals surface area contributed by atoms with E-state index in [1.54, 1.807) is 6.07 Å². The molecule has 1 rings (SSSR count). The van der Waals surface area contributed by atoms with E-state index in [0.717, 1.165) is 22.3 Å². The maximum atomic E-state index is 12.0. The van der Waals surface area contributed by atoms with Crippen LogP contribution in [-0.4, -0.2) is 35.0 Å². The Kier molecular flexibility index (Phi) is 5.27. The number of hydrogen-bond donors (Lipinski definition) is 1. The van der Waals surface area contributed by atoms with Gasteiger partial charge in [0, 0.05) is 11.0 Å². The van der Waals surface area contributed by atoms with Gasteiger partial charge in [-0.15, -0.1) is 11.3 Å². The lowest BCUT2D eigenvalue weighted by Crippen LogP contribution is -2.31. The summed E-state index contributed by atoms with van der Waals surface area (Å²) in [5.74, 6) is -1.49. The Labute approximate surface area is 113 Å². The second-order valence-electron chi connectivity index (χ2n) is 3.35. The molecule has 0 fully saturated rings. The first-order valence-corrected chi connectivity index (χ1v) is 5.94. The van der Waals surface area contributed by atoms with Gasteiger partial charge in [-0.3, -0.25) is 4.79 Å². The van der Waals surface area contributed by atoms with Crippen molar-refractivity contribution in [1.29, 1.82) is 10.5 Å². The number of thiophene rings is 1. The van der Waals surface area contributed by atoms with Gasteiger partial charge in [0.2, 0.25) is 0 Å². The number of nitriles is 2. The summed E-state index contributed by atoms with van der Waals surface area (Å²) >= 11 is 1.10. The van der Waals surface area contributed by atoms with Crippen molar-refractivity contribution < 1.29 is 14.7 Å². The molecule has 1 N–H and O–H groups in total. The first-order chi connectivity index (χ1) is 9.08. The van der Waals surface area contributed by atoms with E-state index in [0.29, 0.717) is 9.75 Å². The molecule has 1 amide bonds. The molecule has 0 saturated heterocycles. The van der Waals surface area contributed by atoms with E-state index in [9.17, 15) is 9.59 Å². The Morgan fingerprint density at radius 1 is 1.32 bits per heavy atom. The number of amides is 1. The minimum atomic E-state index is -1.07. The van der Waals surface area contributed by atoms with Crippen LogP contribution in [0.2, 0.25) is 0 Å². The van der Waals surface area contributed by atoms with Gasteiger partial charge in [-0.25, -0.2) is 4.79 Å². The average molecular weight is 275 g/mol. The molecule has 0 spiro atoms. The highest BCUT2D eigenvalue weighted by Crippen LogP contribution is 2.19. The zero-order valence-corrected chi connectivity index (χ0v) is 10.6. The topological polar surface area (TPSA) is 105 Å². The molecular weight excluding hydrogens is 266 g/mol. The first-order valence-electron chi connectivity index (χ1n) is 5.12. The van der Waals surface area contributed by atoms with Crippen molar-refractivity contribution in [3.8, 4) is 12.1 Å². The lowest BCUT2D eigenvalue weighted by atomic mass is 10.3. The molecule has 7 heteroatoms. The minimum absolute atomic E-state index is 0.162. The van der Waals surface area contributed by atoms with Crippen molar-refractivity contribution in [1.82, 2.24) is 4.90 Å². The highest BCUT2D eigenvalue weighted by molar-refractivity contribution is 7.14. The van der Waals surface area contributed by atoms with Gasteiger partial charge in [-0.1, -0.05) is 0 Å². The maximum Gasteiger partial charge on any atom is 0.328 e. The Balaban J connectivity index is 2.86. The van der Waals surface area contributed by atoms with Crippen LogP contribution in [-0.2, 0) is 4.79 Å². The van der Waals surface area contributed by atoms with E-state index in [-0.39, 0.29) is 13.1 Å². The summed E-state index contributed by atoms with van der Waals surface area (Å²) in [7, 11) is 0. The zero-order valence-electron chi connectivity index (χ0n) is 9.74. The Hall–Kier alpha value is -2.64. The predicted molar refractivity (Wildman–Crippen MR) is 68.1 cm³/mol. The fourth-order valence-electron chi connectivity index (χ4n) is 1.24. The predicted octanol–water partition coefficient (Wildman–Crippen LogP) is 1.34. The molecule has 96 valence electrons. The molecule has 1 aromatic heterocycles. The van der Waals surface area contributed by atoms with E-state index in [2.05, 4.69) is 0 Å². The van der Waals surface area contributed by atoms with Crippen molar-refractivity contribution in [2.75, 3.05) is 13.1 Å². The van der Waals surface area contributed by atoms with Crippen LogP contribution in [0.1, 0.15) is 14.5 Å². The highest BCUT2D eigenvalue weighted by atomic mass is 32.1. The molecular formula is C12H9N3O3S. The summed E-state index contributed by atoms with van der Waals surface area (Å²) in [4.78, 5) is 24.4. The summed E-state index contributed by atoms with van der Waals surface area (Å²) in [5, 5.41) is 25.7. The first kappa shape index (κ1) is 14.4.